The Kier molecular flexibility index (Phi) is 6.49. The number of methoxy groups -OCH3 is 1. The van der Waals surface area contributed by atoms with E-state index in [1.54, 1.807) is 0 Å². The lowest BCUT2D eigenvalue weighted by Crippen LogP contribution is -2.65. The SMILES string of the molecule is CO[C@H]1[C@H](O)[C@H](O)[C@H](O[C@H]2[C@H](O)[C@H](O)[C@H](O)O[C@@H]2C(=O)O)O[C@H]1C(=O)O. The molecule has 150 valence electrons. The van der Waals surface area contributed by atoms with Crippen LogP contribution in [-0.2, 0) is 28.5 Å². The minimum Gasteiger partial charge on any atom is -0.479 e. The van der Waals surface area contributed by atoms with Gasteiger partial charge in [-0.15, -0.1) is 0 Å². The molecule has 10 atom stereocenters. The number of carboxylic acids is 2. The second-order valence-electron chi connectivity index (χ2n) is 5.81. The van der Waals surface area contributed by atoms with Gasteiger partial charge in [0.2, 0.25) is 0 Å². The van der Waals surface area contributed by atoms with Crippen LogP contribution in [0.3, 0.4) is 0 Å². The van der Waals surface area contributed by atoms with Crippen LogP contribution in [0.15, 0.2) is 0 Å². The van der Waals surface area contributed by atoms with Gasteiger partial charge in [0.15, 0.2) is 24.8 Å². The van der Waals surface area contributed by atoms with Crippen LogP contribution in [0.4, 0.5) is 0 Å². The maximum atomic E-state index is 11.3. The van der Waals surface area contributed by atoms with Crippen molar-refractivity contribution in [2.24, 2.45) is 0 Å². The number of aliphatic carboxylic acids is 2. The first-order valence-corrected chi connectivity index (χ1v) is 7.45. The molecule has 2 aliphatic rings. The van der Waals surface area contributed by atoms with Crippen molar-refractivity contribution >= 4 is 11.9 Å². The number of aliphatic hydroxyl groups excluding tert-OH is 5. The lowest BCUT2D eigenvalue weighted by atomic mass is 9.96. The molecule has 0 aliphatic carbocycles. The average molecular weight is 384 g/mol. The number of ether oxygens (including phenoxy) is 4. The van der Waals surface area contributed by atoms with E-state index in [1.807, 2.05) is 0 Å². The maximum Gasteiger partial charge on any atom is 0.335 e. The molecule has 2 aliphatic heterocycles. The maximum absolute atomic E-state index is 11.3. The summed E-state index contributed by atoms with van der Waals surface area (Å²) < 4.78 is 19.6. The van der Waals surface area contributed by atoms with Crippen LogP contribution in [0.2, 0.25) is 0 Å². The molecule has 0 amide bonds. The van der Waals surface area contributed by atoms with Crippen LogP contribution in [0.5, 0.6) is 0 Å². The molecule has 26 heavy (non-hydrogen) atoms. The summed E-state index contributed by atoms with van der Waals surface area (Å²) in [7, 11) is 1.08. The Hall–Kier alpha value is -1.42. The Labute approximate surface area is 145 Å². The monoisotopic (exact) mass is 384 g/mol. The van der Waals surface area contributed by atoms with Crippen LogP contribution in [0.1, 0.15) is 0 Å². The molecule has 0 spiro atoms. The zero-order chi connectivity index (χ0) is 19.8. The Morgan fingerprint density at radius 1 is 0.769 bits per heavy atom. The zero-order valence-corrected chi connectivity index (χ0v) is 13.4. The van der Waals surface area contributed by atoms with Gasteiger partial charge in [0.25, 0.3) is 0 Å². The fraction of sp³-hybridized carbons (Fsp3) is 0.846. The number of hydrogen-bond acceptors (Lipinski definition) is 11. The quantitative estimate of drug-likeness (QED) is 0.238. The molecule has 2 fully saturated rings. The van der Waals surface area contributed by atoms with Gasteiger partial charge < -0.3 is 54.7 Å². The summed E-state index contributed by atoms with van der Waals surface area (Å²) in [6, 6.07) is 0. The Morgan fingerprint density at radius 3 is 1.77 bits per heavy atom. The molecule has 0 aromatic rings. The molecule has 13 heteroatoms. The molecule has 0 saturated carbocycles. The third-order valence-electron chi connectivity index (χ3n) is 4.16. The molecule has 13 nitrogen and oxygen atoms in total. The highest BCUT2D eigenvalue weighted by Crippen LogP contribution is 2.29. The summed E-state index contributed by atoms with van der Waals surface area (Å²) in [6.07, 6.45) is -18.5. The van der Waals surface area contributed by atoms with Gasteiger partial charge in [0, 0.05) is 7.11 Å². The van der Waals surface area contributed by atoms with E-state index in [1.165, 1.54) is 0 Å². The van der Waals surface area contributed by atoms with E-state index in [9.17, 15) is 35.1 Å². The second kappa shape index (κ2) is 8.08. The summed E-state index contributed by atoms with van der Waals surface area (Å²) in [5.74, 6) is -3.22. The lowest BCUT2D eigenvalue weighted by Gasteiger charge is -2.44. The van der Waals surface area contributed by atoms with Gasteiger partial charge in [0.05, 0.1) is 0 Å². The fourth-order valence-corrected chi connectivity index (χ4v) is 2.77. The molecule has 2 saturated heterocycles. The van der Waals surface area contributed by atoms with Crippen molar-refractivity contribution in [3.05, 3.63) is 0 Å². The topological polar surface area (TPSA) is 213 Å². The third kappa shape index (κ3) is 3.80. The number of aliphatic hydroxyl groups is 5. The summed E-state index contributed by atoms with van der Waals surface area (Å²) in [5.41, 5.74) is 0. The van der Waals surface area contributed by atoms with Gasteiger partial charge in [-0.3, -0.25) is 0 Å². The average Bonchev–Trinajstić information content (AvgIpc) is 2.58. The van der Waals surface area contributed by atoms with Crippen molar-refractivity contribution in [1.82, 2.24) is 0 Å². The van der Waals surface area contributed by atoms with E-state index in [4.69, 9.17) is 24.4 Å². The number of rotatable bonds is 5. The van der Waals surface area contributed by atoms with Crippen molar-refractivity contribution in [3.63, 3.8) is 0 Å². The summed E-state index contributed by atoms with van der Waals surface area (Å²) in [6.45, 7) is 0. The summed E-state index contributed by atoms with van der Waals surface area (Å²) in [5, 5.41) is 67.3. The lowest BCUT2D eigenvalue weighted by molar-refractivity contribution is -0.347. The van der Waals surface area contributed by atoms with E-state index in [-0.39, 0.29) is 0 Å². The van der Waals surface area contributed by atoms with Crippen molar-refractivity contribution in [1.29, 1.82) is 0 Å². The Morgan fingerprint density at radius 2 is 1.27 bits per heavy atom. The Bertz CT molecular complexity index is 526. The number of hydrogen-bond donors (Lipinski definition) is 7. The first kappa shape index (κ1) is 20.9. The molecule has 0 radical (unpaired) electrons. The van der Waals surface area contributed by atoms with Crippen LogP contribution < -0.4 is 0 Å². The molecule has 0 bridgehead atoms. The molecular weight excluding hydrogens is 364 g/mol. The van der Waals surface area contributed by atoms with Gasteiger partial charge >= 0.3 is 11.9 Å². The van der Waals surface area contributed by atoms with E-state index in [2.05, 4.69) is 4.74 Å². The fourth-order valence-electron chi connectivity index (χ4n) is 2.77. The summed E-state index contributed by atoms with van der Waals surface area (Å²) >= 11 is 0. The highest BCUT2D eigenvalue weighted by Gasteiger charge is 2.53. The van der Waals surface area contributed by atoms with E-state index in [0.29, 0.717) is 0 Å². The summed E-state index contributed by atoms with van der Waals surface area (Å²) in [4.78, 5) is 22.5. The van der Waals surface area contributed by atoms with Crippen LogP contribution in [-0.4, -0.2) is 116 Å². The van der Waals surface area contributed by atoms with Crippen LogP contribution in [0, 0.1) is 0 Å². The molecular formula is C13H20O13. The third-order valence-corrected chi connectivity index (χ3v) is 4.16. The van der Waals surface area contributed by atoms with E-state index < -0.39 is 73.4 Å². The molecule has 7 N–H and O–H groups in total. The molecule has 2 rings (SSSR count). The smallest absolute Gasteiger partial charge is 0.335 e. The minimum atomic E-state index is -2.02. The molecule has 0 aromatic heterocycles. The van der Waals surface area contributed by atoms with Gasteiger partial charge in [-0.2, -0.15) is 0 Å². The zero-order valence-electron chi connectivity index (χ0n) is 13.4. The first-order chi connectivity index (χ1) is 12.1. The molecule has 2 heterocycles. The number of carbonyl (C=O) groups is 2. The standard InChI is InChI=1S/C13H20O13/c1-23-6-3(15)5(17)13(26-8(6)10(18)19)25-7-2(14)4(16)12(22)24-9(7)11(20)21/h2-9,12-17,22H,1H3,(H,18,19)(H,20,21)/t2-,3-,4+,5+,6+,7+,8-,9+,12-,13-/m1/s1. The van der Waals surface area contributed by atoms with Crippen molar-refractivity contribution in [2.45, 2.75) is 61.4 Å². The van der Waals surface area contributed by atoms with Gasteiger partial charge in [0.1, 0.15) is 36.6 Å². The molecule has 0 unspecified atom stereocenters. The normalized spacial score (nSPS) is 46.7. The van der Waals surface area contributed by atoms with Crippen LogP contribution >= 0.6 is 0 Å². The largest absolute Gasteiger partial charge is 0.479 e. The number of carboxylic acid groups (broad SMARTS) is 2. The predicted octanol–water partition coefficient (Wildman–Crippen LogP) is -4.56. The van der Waals surface area contributed by atoms with Gasteiger partial charge in [-0.1, -0.05) is 0 Å². The van der Waals surface area contributed by atoms with Crippen molar-refractivity contribution < 1.29 is 64.3 Å². The van der Waals surface area contributed by atoms with Gasteiger partial charge in [-0.05, 0) is 0 Å². The highest BCUT2D eigenvalue weighted by molar-refractivity contribution is 5.74. The van der Waals surface area contributed by atoms with Crippen LogP contribution in [0.25, 0.3) is 0 Å². The van der Waals surface area contributed by atoms with Gasteiger partial charge in [-0.25, -0.2) is 9.59 Å². The predicted molar refractivity (Wildman–Crippen MR) is 74.5 cm³/mol. The van der Waals surface area contributed by atoms with E-state index >= 15 is 0 Å². The second-order valence-corrected chi connectivity index (χ2v) is 5.81. The minimum absolute atomic E-state index is 1.08. The first-order valence-electron chi connectivity index (χ1n) is 7.45. The highest BCUT2D eigenvalue weighted by atomic mass is 16.7. The van der Waals surface area contributed by atoms with Crippen molar-refractivity contribution in [2.75, 3.05) is 7.11 Å². The Balaban J connectivity index is 2.23. The molecule has 0 aromatic carbocycles. The van der Waals surface area contributed by atoms with E-state index in [0.717, 1.165) is 7.11 Å². The van der Waals surface area contributed by atoms with Crippen molar-refractivity contribution in [3.8, 4) is 0 Å².